The summed E-state index contributed by atoms with van der Waals surface area (Å²) in [5.74, 6) is 0.185. The fourth-order valence-electron chi connectivity index (χ4n) is 3.76. The number of ether oxygens (including phenoxy) is 2. The summed E-state index contributed by atoms with van der Waals surface area (Å²) in [5.41, 5.74) is 3.38. The fraction of sp³-hybridized carbons (Fsp3) is 0.480. The molecule has 1 heterocycles. The van der Waals surface area contributed by atoms with Gasteiger partial charge in [0.2, 0.25) is 0 Å². The van der Waals surface area contributed by atoms with Crippen molar-refractivity contribution in [3.63, 3.8) is 0 Å². The van der Waals surface area contributed by atoms with Gasteiger partial charge in [-0.25, -0.2) is 0 Å². The van der Waals surface area contributed by atoms with Gasteiger partial charge in [-0.05, 0) is 48.1 Å². The first kappa shape index (κ1) is 22.8. The number of benzene rings is 2. The molecule has 1 aliphatic rings. The first-order valence-electron chi connectivity index (χ1n) is 10.8. The van der Waals surface area contributed by atoms with Gasteiger partial charge >= 0.3 is 5.97 Å². The summed E-state index contributed by atoms with van der Waals surface area (Å²) >= 11 is 6.10. The molecule has 5 heteroatoms. The van der Waals surface area contributed by atoms with Crippen molar-refractivity contribution in [2.75, 3.05) is 32.8 Å². The molecule has 1 fully saturated rings. The summed E-state index contributed by atoms with van der Waals surface area (Å²) in [6, 6.07) is 16.1. The van der Waals surface area contributed by atoms with Gasteiger partial charge in [-0.3, -0.25) is 9.69 Å². The summed E-state index contributed by atoms with van der Waals surface area (Å²) < 4.78 is 11.5. The topological polar surface area (TPSA) is 38.8 Å². The second-order valence-corrected chi connectivity index (χ2v) is 8.88. The van der Waals surface area contributed by atoms with Crippen molar-refractivity contribution >= 4 is 17.6 Å². The Hall–Kier alpha value is -1.88. The molecule has 1 aliphatic heterocycles. The van der Waals surface area contributed by atoms with Crippen molar-refractivity contribution < 1.29 is 14.3 Å². The first-order valence-corrected chi connectivity index (χ1v) is 11.1. The Labute approximate surface area is 185 Å². The largest absolute Gasteiger partial charge is 0.464 e. The number of halogens is 1. The Balaban J connectivity index is 1.45. The number of hydrogen-bond donors (Lipinski definition) is 0. The standard InChI is InChI=1S/C25H32ClNO3/c1-18(2)15-20-7-9-21(10-8-20)19(3)25(28)30-14-12-27-11-13-29-24(17-27)22-5-4-6-23(26)16-22/h4-10,16,18-19,24H,11-15,17H2,1-3H3. The lowest BCUT2D eigenvalue weighted by Gasteiger charge is -2.33. The van der Waals surface area contributed by atoms with E-state index in [0.29, 0.717) is 30.7 Å². The number of hydrogen-bond acceptors (Lipinski definition) is 4. The van der Waals surface area contributed by atoms with Gasteiger partial charge in [-0.1, -0.05) is 61.8 Å². The zero-order valence-electron chi connectivity index (χ0n) is 18.1. The third-order valence-electron chi connectivity index (χ3n) is 5.50. The predicted molar refractivity (Wildman–Crippen MR) is 121 cm³/mol. The van der Waals surface area contributed by atoms with Crippen LogP contribution in [-0.2, 0) is 20.7 Å². The molecule has 0 amide bonds. The van der Waals surface area contributed by atoms with Crippen LogP contribution in [0.5, 0.6) is 0 Å². The van der Waals surface area contributed by atoms with Crippen molar-refractivity contribution in [3.05, 3.63) is 70.2 Å². The van der Waals surface area contributed by atoms with Crippen LogP contribution < -0.4 is 0 Å². The molecule has 0 aliphatic carbocycles. The second-order valence-electron chi connectivity index (χ2n) is 8.44. The molecule has 2 aromatic rings. The van der Waals surface area contributed by atoms with Gasteiger partial charge in [0.15, 0.2) is 0 Å². The highest BCUT2D eigenvalue weighted by molar-refractivity contribution is 6.30. The highest BCUT2D eigenvalue weighted by Gasteiger charge is 2.23. The summed E-state index contributed by atoms with van der Waals surface area (Å²) in [6.45, 7) is 9.67. The van der Waals surface area contributed by atoms with Gasteiger partial charge in [0, 0.05) is 24.7 Å². The summed E-state index contributed by atoms with van der Waals surface area (Å²) in [6.07, 6.45) is 1.05. The van der Waals surface area contributed by atoms with E-state index >= 15 is 0 Å². The molecular formula is C25H32ClNO3. The molecule has 2 atom stereocenters. The maximum atomic E-state index is 12.5. The van der Waals surface area contributed by atoms with Crippen molar-refractivity contribution in [2.45, 2.75) is 39.2 Å². The van der Waals surface area contributed by atoms with E-state index in [4.69, 9.17) is 21.1 Å². The van der Waals surface area contributed by atoms with E-state index in [1.54, 1.807) is 0 Å². The number of esters is 1. The van der Waals surface area contributed by atoms with Crippen LogP contribution >= 0.6 is 11.6 Å². The molecule has 2 unspecified atom stereocenters. The zero-order valence-corrected chi connectivity index (χ0v) is 18.9. The Bertz CT molecular complexity index is 821. The average molecular weight is 430 g/mol. The number of carbonyl (C=O) groups excluding carboxylic acids is 1. The van der Waals surface area contributed by atoms with E-state index in [-0.39, 0.29) is 18.0 Å². The predicted octanol–water partition coefficient (Wildman–Crippen LogP) is 5.26. The number of carbonyl (C=O) groups is 1. The van der Waals surface area contributed by atoms with Crippen LogP contribution in [0.2, 0.25) is 5.02 Å². The van der Waals surface area contributed by atoms with Gasteiger partial charge in [0.05, 0.1) is 18.6 Å². The normalized spacial score (nSPS) is 18.4. The van der Waals surface area contributed by atoms with E-state index in [2.05, 4.69) is 30.9 Å². The minimum Gasteiger partial charge on any atom is -0.464 e. The Morgan fingerprint density at radius 3 is 2.67 bits per heavy atom. The molecule has 0 aromatic heterocycles. The molecule has 162 valence electrons. The van der Waals surface area contributed by atoms with Crippen LogP contribution in [-0.4, -0.2) is 43.7 Å². The van der Waals surface area contributed by atoms with Crippen LogP contribution in [0.25, 0.3) is 0 Å². The zero-order chi connectivity index (χ0) is 21.5. The molecule has 2 aromatic carbocycles. The first-order chi connectivity index (χ1) is 14.4. The fourth-order valence-corrected chi connectivity index (χ4v) is 3.96. The van der Waals surface area contributed by atoms with E-state index in [1.807, 2.05) is 43.3 Å². The van der Waals surface area contributed by atoms with Crippen LogP contribution in [0.4, 0.5) is 0 Å². The SMILES string of the molecule is CC(C)Cc1ccc(C(C)C(=O)OCCN2CCOC(c3cccc(Cl)c3)C2)cc1. The van der Waals surface area contributed by atoms with E-state index in [0.717, 1.165) is 30.6 Å². The lowest BCUT2D eigenvalue weighted by molar-refractivity contribution is -0.146. The van der Waals surface area contributed by atoms with Crippen LogP contribution in [0.15, 0.2) is 48.5 Å². The molecule has 0 radical (unpaired) electrons. The summed E-state index contributed by atoms with van der Waals surface area (Å²) in [4.78, 5) is 14.8. The number of rotatable bonds is 8. The van der Waals surface area contributed by atoms with Crippen molar-refractivity contribution in [1.82, 2.24) is 4.90 Å². The number of morpholine rings is 1. The van der Waals surface area contributed by atoms with Gasteiger partial charge in [0.1, 0.15) is 6.61 Å². The molecule has 0 spiro atoms. The smallest absolute Gasteiger partial charge is 0.313 e. The van der Waals surface area contributed by atoms with E-state index in [1.165, 1.54) is 5.56 Å². The molecule has 0 bridgehead atoms. The second kappa shape index (κ2) is 10.9. The van der Waals surface area contributed by atoms with Gasteiger partial charge in [-0.2, -0.15) is 0 Å². The Morgan fingerprint density at radius 2 is 1.97 bits per heavy atom. The molecule has 3 rings (SSSR count). The van der Waals surface area contributed by atoms with Gasteiger partial charge < -0.3 is 9.47 Å². The minimum atomic E-state index is -0.262. The third kappa shape index (κ3) is 6.56. The highest BCUT2D eigenvalue weighted by Crippen LogP contribution is 2.24. The summed E-state index contributed by atoms with van der Waals surface area (Å²) in [7, 11) is 0. The molecule has 4 nitrogen and oxygen atoms in total. The van der Waals surface area contributed by atoms with Crippen molar-refractivity contribution in [2.24, 2.45) is 5.92 Å². The van der Waals surface area contributed by atoms with Crippen LogP contribution in [0.3, 0.4) is 0 Å². The third-order valence-corrected chi connectivity index (χ3v) is 5.74. The average Bonchev–Trinajstić information content (AvgIpc) is 2.73. The maximum absolute atomic E-state index is 12.5. The van der Waals surface area contributed by atoms with Crippen molar-refractivity contribution in [1.29, 1.82) is 0 Å². The van der Waals surface area contributed by atoms with Crippen molar-refractivity contribution in [3.8, 4) is 0 Å². The Kier molecular flexibility index (Phi) is 8.32. The molecule has 0 N–H and O–H groups in total. The molecule has 1 saturated heterocycles. The van der Waals surface area contributed by atoms with E-state index in [9.17, 15) is 4.79 Å². The van der Waals surface area contributed by atoms with Gasteiger partial charge in [-0.15, -0.1) is 0 Å². The molecular weight excluding hydrogens is 398 g/mol. The van der Waals surface area contributed by atoms with Gasteiger partial charge in [0.25, 0.3) is 0 Å². The van der Waals surface area contributed by atoms with E-state index < -0.39 is 0 Å². The molecule has 0 saturated carbocycles. The quantitative estimate of drug-likeness (QED) is 0.536. The Morgan fingerprint density at radius 1 is 1.20 bits per heavy atom. The minimum absolute atomic E-state index is 0.00331. The van der Waals surface area contributed by atoms with Crippen LogP contribution in [0.1, 0.15) is 49.5 Å². The lowest BCUT2D eigenvalue weighted by atomic mass is 9.97. The highest BCUT2D eigenvalue weighted by atomic mass is 35.5. The molecule has 30 heavy (non-hydrogen) atoms. The van der Waals surface area contributed by atoms with Crippen LogP contribution in [0, 0.1) is 5.92 Å². The summed E-state index contributed by atoms with van der Waals surface area (Å²) in [5, 5.41) is 0.716. The lowest BCUT2D eigenvalue weighted by Crippen LogP contribution is -2.40. The monoisotopic (exact) mass is 429 g/mol. The number of nitrogens with zero attached hydrogens (tertiary/aromatic N) is 1. The maximum Gasteiger partial charge on any atom is 0.313 e.